The molecule has 0 bridgehead atoms. The molecule has 6 aromatic rings. The van der Waals surface area contributed by atoms with Gasteiger partial charge in [-0.1, -0.05) is 72.8 Å². The Balaban J connectivity index is 1.29. The van der Waals surface area contributed by atoms with E-state index in [-0.39, 0.29) is 6.42 Å². The SMILES string of the molecule is Cn1nc(-c2ccc(OCc3ccccc3)nc2OCc2ccccc2)c2ccc(Nc3ccc(CC(=O)O)cc3)cc21. The fourth-order valence-electron chi connectivity index (χ4n) is 4.83. The number of carboxylic acids is 1. The molecule has 2 heterocycles. The number of nitrogens with one attached hydrogen (secondary N) is 1. The standard InChI is InChI=1S/C35H30N4O4/c1-39-31-21-28(36-27-14-12-24(13-15-27)20-33(40)41)16-17-29(31)34(38-39)30-18-19-32(42-22-25-8-4-2-5-9-25)37-35(30)43-23-26-10-6-3-7-11-26/h2-19,21,36H,20,22-23H2,1H3,(H,40,41). The van der Waals surface area contributed by atoms with Gasteiger partial charge in [0.15, 0.2) is 0 Å². The van der Waals surface area contributed by atoms with Crippen LogP contribution in [0.3, 0.4) is 0 Å². The van der Waals surface area contributed by atoms with Crippen LogP contribution in [0.15, 0.2) is 115 Å². The van der Waals surface area contributed by atoms with Crippen LogP contribution in [0.4, 0.5) is 11.4 Å². The summed E-state index contributed by atoms with van der Waals surface area (Å²) in [6.45, 7) is 0.753. The summed E-state index contributed by atoms with van der Waals surface area (Å²) in [5.74, 6) is 0.0613. The van der Waals surface area contributed by atoms with E-state index in [1.54, 1.807) is 0 Å². The normalized spacial score (nSPS) is 10.9. The largest absolute Gasteiger partial charge is 0.481 e. The van der Waals surface area contributed by atoms with Gasteiger partial charge < -0.3 is 19.9 Å². The summed E-state index contributed by atoms with van der Waals surface area (Å²) in [6, 6.07) is 37.2. The van der Waals surface area contributed by atoms with Gasteiger partial charge in [0.1, 0.15) is 18.9 Å². The van der Waals surface area contributed by atoms with Crippen LogP contribution in [0, 0.1) is 0 Å². The molecule has 8 nitrogen and oxygen atoms in total. The summed E-state index contributed by atoms with van der Waals surface area (Å²) < 4.78 is 14.1. The molecular formula is C35H30N4O4. The number of aryl methyl sites for hydroxylation is 1. The van der Waals surface area contributed by atoms with Gasteiger partial charge in [-0.3, -0.25) is 9.48 Å². The third-order valence-corrected chi connectivity index (χ3v) is 6.99. The number of nitrogens with zero attached hydrogens (tertiary/aromatic N) is 3. The van der Waals surface area contributed by atoms with Gasteiger partial charge in [0.05, 0.1) is 17.5 Å². The average Bonchev–Trinajstić information content (AvgIpc) is 3.36. The molecule has 0 radical (unpaired) electrons. The van der Waals surface area contributed by atoms with Crippen molar-refractivity contribution in [2.45, 2.75) is 19.6 Å². The molecule has 2 aromatic heterocycles. The smallest absolute Gasteiger partial charge is 0.307 e. The van der Waals surface area contributed by atoms with Gasteiger partial charge in [0.2, 0.25) is 11.8 Å². The maximum absolute atomic E-state index is 11.0. The Morgan fingerprint density at radius 1 is 0.767 bits per heavy atom. The molecular weight excluding hydrogens is 540 g/mol. The molecule has 43 heavy (non-hydrogen) atoms. The van der Waals surface area contributed by atoms with Crippen molar-refractivity contribution in [2.24, 2.45) is 7.05 Å². The first-order chi connectivity index (χ1) is 21.0. The predicted molar refractivity (Wildman–Crippen MR) is 167 cm³/mol. The van der Waals surface area contributed by atoms with Crippen LogP contribution in [0.2, 0.25) is 0 Å². The first kappa shape index (κ1) is 27.5. The van der Waals surface area contributed by atoms with Gasteiger partial charge in [0, 0.05) is 29.9 Å². The van der Waals surface area contributed by atoms with Crippen LogP contribution < -0.4 is 14.8 Å². The zero-order valence-corrected chi connectivity index (χ0v) is 23.6. The average molecular weight is 571 g/mol. The highest BCUT2D eigenvalue weighted by Gasteiger charge is 2.18. The third kappa shape index (κ3) is 6.65. The van der Waals surface area contributed by atoms with E-state index in [1.807, 2.05) is 127 Å². The van der Waals surface area contributed by atoms with Gasteiger partial charge in [-0.05, 0) is 53.1 Å². The first-order valence-electron chi connectivity index (χ1n) is 13.9. The zero-order chi connectivity index (χ0) is 29.6. The Hall–Kier alpha value is -5.63. The Labute approximate surface area is 249 Å². The van der Waals surface area contributed by atoms with Crippen molar-refractivity contribution in [1.29, 1.82) is 0 Å². The van der Waals surface area contributed by atoms with Crippen molar-refractivity contribution in [3.63, 3.8) is 0 Å². The summed E-state index contributed by atoms with van der Waals surface area (Å²) >= 11 is 0. The number of hydrogen-bond acceptors (Lipinski definition) is 6. The molecule has 0 saturated heterocycles. The van der Waals surface area contributed by atoms with Crippen molar-refractivity contribution >= 4 is 28.2 Å². The summed E-state index contributed by atoms with van der Waals surface area (Å²) in [5.41, 5.74) is 7.04. The minimum atomic E-state index is -0.851. The van der Waals surface area contributed by atoms with Crippen LogP contribution in [0.1, 0.15) is 16.7 Å². The van der Waals surface area contributed by atoms with E-state index in [1.165, 1.54) is 0 Å². The Bertz CT molecular complexity index is 1850. The number of pyridine rings is 1. The van der Waals surface area contributed by atoms with Crippen LogP contribution in [0.25, 0.3) is 22.2 Å². The summed E-state index contributed by atoms with van der Waals surface area (Å²) in [5, 5.41) is 18.2. The quantitative estimate of drug-likeness (QED) is 0.170. The number of hydrogen-bond donors (Lipinski definition) is 2. The Morgan fingerprint density at radius 3 is 2.09 bits per heavy atom. The lowest BCUT2D eigenvalue weighted by atomic mass is 10.1. The first-order valence-corrected chi connectivity index (χ1v) is 13.9. The minimum Gasteiger partial charge on any atom is -0.481 e. The number of aliphatic carboxylic acids is 1. The lowest BCUT2D eigenvalue weighted by molar-refractivity contribution is -0.136. The predicted octanol–water partition coefficient (Wildman–Crippen LogP) is 7.16. The fraction of sp³-hybridized carbons (Fsp3) is 0.114. The van der Waals surface area contributed by atoms with E-state index in [0.717, 1.165) is 50.2 Å². The van der Waals surface area contributed by atoms with E-state index in [4.69, 9.17) is 24.7 Å². The molecule has 0 spiro atoms. The summed E-state index contributed by atoms with van der Waals surface area (Å²) in [7, 11) is 1.91. The van der Waals surface area contributed by atoms with E-state index in [9.17, 15) is 4.79 Å². The molecule has 214 valence electrons. The number of benzene rings is 4. The number of anilines is 2. The van der Waals surface area contributed by atoms with E-state index in [2.05, 4.69) is 5.32 Å². The van der Waals surface area contributed by atoms with Gasteiger partial charge in [-0.2, -0.15) is 10.1 Å². The van der Waals surface area contributed by atoms with Gasteiger partial charge >= 0.3 is 5.97 Å². The number of ether oxygens (including phenoxy) is 2. The van der Waals surface area contributed by atoms with Crippen molar-refractivity contribution in [3.8, 4) is 23.0 Å². The highest BCUT2D eigenvalue weighted by atomic mass is 16.5. The summed E-state index contributed by atoms with van der Waals surface area (Å²) in [4.78, 5) is 15.7. The zero-order valence-electron chi connectivity index (χ0n) is 23.6. The molecule has 0 saturated carbocycles. The Kier molecular flexibility index (Phi) is 7.99. The highest BCUT2D eigenvalue weighted by molar-refractivity contribution is 5.96. The summed E-state index contributed by atoms with van der Waals surface area (Å²) in [6.07, 6.45) is -0.00389. The number of rotatable bonds is 11. The minimum absolute atomic E-state index is 0.00389. The molecule has 0 unspecified atom stereocenters. The molecule has 4 aromatic carbocycles. The molecule has 0 fully saturated rings. The molecule has 0 aliphatic carbocycles. The lowest BCUT2D eigenvalue weighted by Gasteiger charge is -2.12. The van der Waals surface area contributed by atoms with Crippen LogP contribution >= 0.6 is 0 Å². The Morgan fingerprint density at radius 2 is 1.42 bits per heavy atom. The molecule has 0 atom stereocenters. The monoisotopic (exact) mass is 570 g/mol. The second-order valence-corrected chi connectivity index (χ2v) is 10.1. The van der Waals surface area contributed by atoms with Crippen molar-refractivity contribution in [1.82, 2.24) is 14.8 Å². The maximum Gasteiger partial charge on any atom is 0.307 e. The second-order valence-electron chi connectivity index (χ2n) is 10.1. The van der Waals surface area contributed by atoms with E-state index < -0.39 is 5.97 Å². The third-order valence-electron chi connectivity index (χ3n) is 6.99. The molecule has 8 heteroatoms. The van der Waals surface area contributed by atoms with E-state index in [0.29, 0.717) is 25.0 Å². The molecule has 2 N–H and O–H groups in total. The van der Waals surface area contributed by atoms with Crippen LogP contribution in [0.5, 0.6) is 11.8 Å². The number of carboxylic acid groups (broad SMARTS) is 1. The molecule has 0 aliphatic heterocycles. The second kappa shape index (κ2) is 12.5. The van der Waals surface area contributed by atoms with Gasteiger partial charge in [-0.15, -0.1) is 0 Å². The van der Waals surface area contributed by atoms with Gasteiger partial charge in [-0.25, -0.2) is 0 Å². The van der Waals surface area contributed by atoms with Crippen molar-refractivity contribution in [2.75, 3.05) is 5.32 Å². The number of carbonyl (C=O) groups is 1. The number of fused-ring (bicyclic) bond motifs is 1. The number of aromatic nitrogens is 3. The molecule has 0 amide bonds. The van der Waals surface area contributed by atoms with Crippen LogP contribution in [-0.2, 0) is 31.5 Å². The topological polar surface area (TPSA) is 98.5 Å². The highest BCUT2D eigenvalue weighted by Crippen LogP contribution is 2.36. The molecule has 6 rings (SSSR count). The van der Waals surface area contributed by atoms with E-state index >= 15 is 0 Å². The van der Waals surface area contributed by atoms with Crippen LogP contribution in [-0.4, -0.2) is 25.8 Å². The maximum atomic E-state index is 11.0. The van der Waals surface area contributed by atoms with Crippen molar-refractivity contribution < 1.29 is 19.4 Å². The van der Waals surface area contributed by atoms with Crippen molar-refractivity contribution in [3.05, 3.63) is 132 Å². The van der Waals surface area contributed by atoms with Gasteiger partial charge in [0.25, 0.3) is 0 Å². The fourth-order valence-corrected chi connectivity index (χ4v) is 4.83. The molecule has 0 aliphatic rings. The lowest BCUT2D eigenvalue weighted by Crippen LogP contribution is -2.02.